The number of allylic oxidation sites excluding steroid dienone is 1. The van der Waals surface area contributed by atoms with Crippen molar-refractivity contribution >= 4 is 11.9 Å². The second-order valence-electron chi connectivity index (χ2n) is 4.76. The molecular weight excluding hydrogens is 269 g/mol. The van der Waals surface area contributed by atoms with Gasteiger partial charge >= 0.3 is 0 Å². The first-order valence-electron chi connectivity index (χ1n) is 6.55. The van der Waals surface area contributed by atoms with Gasteiger partial charge in [0.05, 0.1) is 5.69 Å². The molecule has 5 heteroatoms. The Labute approximate surface area is 121 Å². The lowest BCUT2D eigenvalue weighted by Crippen LogP contribution is -2.28. The van der Waals surface area contributed by atoms with E-state index in [4.69, 9.17) is 0 Å². The smallest absolute Gasteiger partial charge is 0.222 e. The van der Waals surface area contributed by atoms with Crippen molar-refractivity contribution in [2.75, 3.05) is 0 Å². The molecule has 0 spiro atoms. The summed E-state index contributed by atoms with van der Waals surface area (Å²) in [6.45, 7) is 1.72. The Morgan fingerprint density at radius 2 is 2.14 bits per heavy atom. The molecule has 0 amide bonds. The predicted molar refractivity (Wildman–Crippen MR) is 80.0 cm³/mol. The van der Waals surface area contributed by atoms with Crippen LogP contribution < -0.4 is 5.32 Å². The monoisotopic (exact) mass is 283 g/mol. The number of aromatic nitrogens is 1. The summed E-state index contributed by atoms with van der Waals surface area (Å²) in [7, 11) is 0. The molecule has 1 atom stereocenters. The van der Waals surface area contributed by atoms with Crippen LogP contribution in [0, 0.1) is 12.7 Å². The summed E-state index contributed by atoms with van der Waals surface area (Å²) in [5.41, 5.74) is 3.67. The van der Waals surface area contributed by atoms with Gasteiger partial charge in [0.1, 0.15) is 5.82 Å². The number of aryl methyl sites for hydroxylation is 1. The van der Waals surface area contributed by atoms with Gasteiger partial charge < -0.3 is 10.4 Å². The molecule has 1 aliphatic rings. The van der Waals surface area contributed by atoms with E-state index < -0.39 is 6.35 Å². The number of hydrogen-bond acceptors (Lipinski definition) is 4. The third-order valence-electron chi connectivity index (χ3n) is 3.28. The van der Waals surface area contributed by atoms with Crippen molar-refractivity contribution < 1.29 is 9.50 Å². The van der Waals surface area contributed by atoms with Gasteiger partial charge in [-0.2, -0.15) is 0 Å². The van der Waals surface area contributed by atoms with Crippen molar-refractivity contribution in [1.29, 1.82) is 0 Å². The van der Waals surface area contributed by atoms with Gasteiger partial charge in [-0.15, -0.1) is 0 Å². The number of benzene rings is 1. The highest BCUT2D eigenvalue weighted by Gasteiger charge is 2.15. The number of pyridine rings is 1. The summed E-state index contributed by atoms with van der Waals surface area (Å²) >= 11 is 0. The van der Waals surface area contributed by atoms with E-state index in [1.165, 1.54) is 6.07 Å². The van der Waals surface area contributed by atoms with Gasteiger partial charge in [0, 0.05) is 29.2 Å². The number of nitrogens with zero attached hydrogens (tertiary/aromatic N) is 2. The molecule has 1 aromatic carbocycles. The van der Waals surface area contributed by atoms with E-state index in [1.807, 2.05) is 12.1 Å². The number of aliphatic hydroxyl groups is 1. The second kappa shape index (κ2) is 5.46. The van der Waals surface area contributed by atoms with Crippen LogP contribution in [0.3, 0.4) is 0 Å². The van der Waals surface area contributed by atoms with Gasteiger partial charge in [-0.3, -0.25) is 4.98 Å². The van der Waals surface area contributed by atoms with Gasteiger partial charge in [-0.25, -0.2) is 9.38 Å². The maximum Gasteiger partial charge on any atom is 0.222 e. The topological polar surface area (TPSA) is 57.5 Å². The Hall–Kier alpha value is -2.53. The molecule has 2 N–H and O–H groups in total. The zero-order valence-electron chi connectivity index (χ0n) is 11.4. The highest BCUT2D eigenvalue weighted by molar-refractivity contribution is 5.89. The van der Waals surface area contributed by atoms with E-state index in [0.717, 1.165) is 22.5 Å². The fourth-order valence-electron chi connectivity index (χ4n) is 2.24. The average molecular weight is 283 g/mol. The molecule has 2 heterocycles. The molecule has 1 unspecified atom stereocenters. The van der Waals surface area contributed by atoms with E-state index in [0.29, 0.717) is 5.56 Å². The summed E-state index contributed by atoms with van der Waals surface area (Å²) < 4.78 is 13.4. The maximum atomic E-state index is 13.4. The highest BCUT2D eigenvalue weighted by atomic mass is 19.1. The molecule has 0 radical (unpaired) electrons. The Morgan fingerprint density at radius 3 is 2.90 bits per heavy atom. The van der Waals surface area contributed by atoms with E-state index in [-0.39, 0.29) is 5.82 Å². The summed E-state index contributed by atoms with van der Waals surface area (Å²) in [6.07, 6.45) is 4.03. The number of halogens is 1. The number of rotatable bonds is 2. The van der Waals surface area contributed by atoms with Gasteiger partial charge in [0.25, 0.3) is 0 Å². The lowest BCUT2D eigenvalue weighted by molar-refractivity contribution is 0.166. The van der Waals surface area contributed by atoms with Crippen molar-refractivity contribution in [2.24, 2.45) is 4.99 Å². The van der Waals surface area contributed by atoms with Crippen molar-refractivity contribution in [3.8, 4) is 11.3 Å². The summed E-state index contributed by atoms with van der Waals surface area (Å²) in [4.78, 5) is 8.20. The minimum absolute atomic E-state index is 0.242. The minimum Gasteiger partial charge on any atom is -0.355 e. The van der Waals surface area contributed by atoms with E-state index in [9.17, 15) is 9.50 Å². The zero-order valence-corrected chi connectivity index (χ0v) is 11.4. The fourth-order valence-corrected chi connectivity index (χ4v) is 2.24. The molecule has 0 aliphatic carbocycles. The predicted octanol–water partition coefficient (Wildman–Crippen LogP) is 2.49. The first kappa shape index (κ1) is 13.5. The molecule has 4 nitrogen and oxygen atoms in total. The van der Waals surface area contributed by atoms with E-state index in [1.54, 1.807) is 37.5 Å². The minimum atomic E-state index is -0.965. The molecule has 2 aromatic rings. The fraction of sp³-hybridized carbons (Fsp3) is 0.125. The molecular formula is C16H14FN3O. The number of aliphatic imine (C=N–C) groups is 1. The largest absolute Gasteiger partial charge is 0.355 e. The molecule has 1 aliphatic heterocycles. The molecule has 0 bridgehead atoms. The number of nitrogens with one attached hydrogen (secondary N) is 1. The second-order valence-corrected chi connectivity index (χ2v) is 4.76. The maximum absolute atomic E-state index is 13.4. The summed E-state index contributed by atoms with van der Waals surface area (Å²) in [5, 5.41) is 12.4. The Bertz CT molecular complexity index is 740. The Morgan fingerprint density at radius 1 is 1.29 bits per heavy atom. The lowest BCUT2D eigenvalue weighted by atomic mass is 10.0. The summed E-state index contributed by atoms with van der Waals surface area (Å²) in [5.74, 6) is -0.242. The van der Waals surface area contributed by atoms with Crippen LogP contribution in [-0.2, 0) is 0 Å². The number of hydrogen-bond donors (Lipinski definition) is 2. The Kier molecular flexibility index (Phi) is 3.50. The van der Waals surface area contributed by atoms with E-state index in [2.05, 4.69) is 15.3 Å². The van der Waals surface area contributed by atoms with Crippen LogP contribution in [0.25, 0.3) is 17.0 Å². The first-order valence-corrected chi connectivity index (χ1v) is 6.55. The first-order chi connectivity index (χ1) is 10.1. The van der Waals surface area contributed by atoms with Crippen molar-refractivity contribution in [1.82, 2.24) is 10.3 Å². The third kappa shape index (κ3) is 2.68. The molecule has 21 heavy (non-hydrogen) atoms. The van der Waals surface area contributed by atoms with Gasteiger partial charge in [0.2, 0.25) is 6.35 Å². The van der Waals surface area contributed by atoms with Crippen LogP contribution >= 0.6 is 0 Å². The van der Waals surface area contributed by atoms with Crippen LogP contribution in [0.1, 0.15) is 11.1 Å². The van der Waals surface area contributed by atoms with Gasteiger partial charge in [-0.05, 0) is 48.9 Å². The zero-order chi connectivity index (χ0) is 14.8. The van der Waals surface area contributed by atoms with Crippen molar-refractivity contribution in [3.63, 3.8) is 0 Å². The van der Waals surface area contributed by atoms with Crippen LogP contribution in [0.4, 0.5) is 4.39 Å². The third-order valence-corrected chi connectivity index (χ3v) is 3.28. The van der Waals surface area contributed by atoms with E-state index >= 15 is 0 Å². The van der Waals surface area contributed by atoms with Crippen LogP contribution in [0.15, 0.2) is 47.6 Å². The molecule has 0 saturated heterocycles. The normalized spacial score (nSPS) is 17.3. The van der Waals surface area contributed by atoms with Gasteiger partial charge in [-0.1, -0.05) is 0 Å². The molecule has 1 aromatic heterocycles. The average Bonchev–Trinajstić information content (AvgIpc) is 2.50. The van der Waals surface area contributed by atoms with Crippen molar-refractivity contribution in [2.45, 2.75) is 13.3 Å². The van der Waals surface area contributed by atoms with Crippen molar-refractivity contribution in [3.05, 3.63) is 59.5 Å². The van der Waals surface area contributed by atoms with Crippen LogP contribution in [0.2, 0.25) is 0 Å². The van der Waals surface area contributed by atoms with Crippen LogP contribution in [0.5, 0.6) is 0 Å². The number of aliphatic hydroxyl groups excluding tert-OH is 1. The standard InChI is InChI=1S/C16H14FN3O/c1-10-9-11(4-5-13(10)17)15-12(3-2-7-18-15)14-6-8-19-16(21)20-14/h2-9,16,20-21H,1H3. The Balaban J connectivity index is 2.09. The lowest BCUT2D eigenvalue weighted by Gasteiger charge is -2.18. The highest BCUT2D eigenvalue weighted by Crippen LogP contribution is 2.27. The molecule has 0 saturated carbocycles. The summed E-state index contributed by atoms with van der Waals surface area (Å²) in [6, 6.07) is 8.60. The quantitative estimate of drug-likeness (QED) is 0.890. The molecule has 3 rings (SSSR count). The SMILES string of the molecule is Cc1cc(-c2ncccc2C2=CC=NC(O)N2)ccc1F. The van der Waals surface area contributed by atoms with Crippen LogP contribution in [-0.4, -0.2) is 22.7 Å². The molecule has 106 valence electrons. The molecule has 0 fully saturated rings. The van der Waals surface area contributed by atoms with Gasteiger partial charge in [0.15, 0.2) is 0 Å².